The van der Waals surface area contributed by atoms with Crippen molar-refractivity contribution in [3.05, 3.63) is 53.5 Å². The SMILES string of the molecule is N#Cc1ccc(N2CC3(CCN(C(=O)c4ccco4)CC3)CC2C(=O)NC2CC2)cc1C(F)(F)F. The molecule has 1 spiro atoms. The van der Waals surface area contributed by atoms with E-state index in [1.807, 2.05) is 0 Å². The fraction of sp³-hybridized carbons (Fsp3) is 0.480. The van der Waals surface area contributed by atoms with E-state index in [2.05, 4.69) is 5.32 Å². The minimum absolute atomic E-state index is 0.125. The van der Waals surface area contributed by atoms with Gasteiger partial charge in [0.15, 0.2) is 5.76 Å². The average molecular weight is 486 g/mol. The number of likely N-dealkylation sites (tertiary alicyclic amines) is 1. The topological polar surface area (TPSA) is 89.6 Å². The summed E-state index contributed by atoms with van der Waals surface area (Å²) < 4.78 is 46.1. The van der Waals surface area contributed by atoms with E-state index >= 15 is 0 Å². The number of furan rings is 1. The van der Waals surface area contributed by atoms with Gasteiger partial charge >= 0.3 is 6.18 Å². The average Bonchev–Trinajstić information content (AvgIpc) is 3.33. The number of piperidine rings is 1. The Balaban J connectivity index is 1.40. The number of anilines is 1. The number of alkyl halides is 3. The van der Waals surface area contributed by atoms with Gasteiger partial charge in [-0.15, -0.1) is 0 Å². The quantitative estimate of drug-likeness (QED) is 0.707. The van der Waals surface area contributed by atoms with Gasteiger partial charge in [-0.1, -0.05) is 0 Å². The lowest BCUT2D eigenvalue weighted by Crippen LogP contribution is -2.44. The second-order valence-corrected chi connectivity index (χ2v) is 9.74. The van der Waals surface area contributed by atoms with E-state index in [1.54, 1.807) is 28.0 Å². The summed E-state index contributed by atoms with van der Waals surface area (Å²) in [6.45, 7) is 1.36. The largest absolute Gasteiger partial charge is 0.459 e. The minimum Gasteiger partial charge on any atom is -0.459 e. The molecular formula is C25H25F3N4O3. The summed E-state index contributed by atoms with van der Waals surface area (Å²) in [4.78, 5) is 29.3. The van der Waals surface area contributed by atoms with Crippen LogP contribution in [0.25, 0.3) is 0 Å². The zero-order valence-electron chi connectivity index (χ0n) is 19.0. The van der Waals surface area contributed by atoms with Crippen LogP contribution in [0.4, 0.5) is 18.9 Å². The van der Waals surface area contributed by atoms with E-state index < -0.39 is 23.3 Å². The van der Waals surface area contributed by atoms with Gasteiger partial charge in [0.05, 0.1) is 23.5 Å². The highest BCUT2D eigenvalue weighted by Crippen LogP contribution is 2.46. The number of benzene rings is 1. The van der Waals surface area contributed by atoms with Crippen LogP contribution in [0.15, 0.2) is 41.0 Å². The van der Waals surface area contributed by atoms with Crippen molar-refractivity contribution in [1.82, 2.24) is 10.2 Å². The normalized spacial score (nSPS) is 21.7. The lowest BCUT2D eigenvalue weighted by molar-refractivity contribution is -0.137. The number of nitrogens with one attached hydrogen (secondary N) is 1. The van der Waals surface area contributed by atoms with Crippen molar-refractivity contribution in [2.24, 2.45) is 5.41 Å². The monoisotopic (exact) mass is 486 g/mol. The molecule has 2 aliphatic heterocycles. The molecule has 1 unspecified atom stereocenters. The van der Waals surface area contributed by atoms with E-state index in [1.165, 1.54) is 18.4 Å². The molecule has 2 saturated heterocycles. The number of amides is 2. The van der Waals surface area contributed by atoms with Gasteiger partial charge in [0, 0.05) is 31.4 Å². The third-order valence-corrected chi connectivity index (χ3v) is 7.34. The molecule has 7 nitrogen and oxygen atoms in total. The van der Waals surface area contributed by atoms with Gasteiger partial charge in [0.25, 0.3) is 5.91 Å². The van der Waals surface area contributed by atoms with E-state index in [0.29, 0.717) is 38.9 Å². The van der Waals surface area contributed by atoms with Gasteiger partial charge in [-0.2, -0.15) is 18.4 Å². The van der Waals surface area contributed by atoms with Crippen molar-refractivity contribution in [3.63, 3.8) is 0 Å². The van der Waals surface area contributed by atoms with Gasteiger partial charge in [0.2, 0.25) is 5.91 Å². The fourth-order valence-corrected chi connectivity index (χ4v) is 5.23. The standard InChI is InChI=1S/C25H25F3N4O3/c26-25(27,28)19-12-18(6-3-16(19)14-29)32-15-24(13-20(32)22(33)30-17-4-5-17)7-9-31(10-8-24)23(34)21-2-1-11-35-21/h1-3,6,11-12,17,20H,4-5,7-10,13,15H2,(H,30,33). The first kappa shape index (κ1) is 23.3. The number of rotatable bonds is 4. The number of carbonyl (C=O) groups is 2. The molecule has 35 heavy (non-hydrogen) atoms. The molecule has 0 radical (unpaired) electrons. The summed E-state index contributed by atoms with van der Waals surface area (Å²) in [5, 5.41) is 12.2. The summed E-state index contributed by atoms with van der Waals surface area (Å²) in [6.07, 6.45) is 0.336. The molecule has 3 fully saturated rings. The Labute approximate surface area is 200 Å². The van der Waals surface area contributed by atoms with Crippen molar-refractivity contribution < 1.29 is 27.2 Å². The van der Waals surface area contributed by atoms with Crippen LogP contribution in [0.1, 0.15) is 53.8 Å². The third-order valence-electron chi connectivity index (χ3n) is 7.34. The van der Waals surface area contributed by atoms with E-state index in [4.69, 9.17) is 9.68 Å². The third kappa shape index (κ3) is 4.59. The molecule has 184 valence electrons. The lowest BCUT2D eigenvalue weighted by Gasteiger charge is -2.39. The zero-order valence-corrected chi connectivity index (χ0v) is 19.0. The predicted octanol–water partition coefficient (Wildman–Crippen LogP) is 3.95. The van der Waals surface area contributed by atoms with Gasteiger partial charge < -0.3 is 19.5 Å². The van der Waals surface area contributed by atoms with Crippen LogP contribution in [-0.4, -0.2) is 48.4 Å². The molecule has 10 heteroatoms. The van der Waals surface area contributed by atoms with Gasteiger partial charge in [-0.3, -0.25) is 9.59 Å². The van der Waals surface area contributed by atoms with Gasteiger partial charge in [0.1, 0.15) is 6.04 Å². The molecule has 1 atom stereocenters. The molecule has 2 amide bonds. The maximum absolute atomic E-state index is 13.6. The Hall–Kier alpha value is -3.48. The number of halogens is 3. The molecule has 5 rings (SSSR count). The molecule has 3 heterocycles. The van der Waals surface area contributed by atoms with Crippen LogP contribution in [0.3, 0.4) is 0 Å². The van der Waals surface area contributed by atoms with Crippen LogP contribution in [-0.2, 0) is 11.0 Å². The zero-order chi connectivity index (χ0) is 24.8. The second-order valence-electron chi connectivity index (χ2n) is 9.74. The molecule has 1 aromatic carbocycles. The Morgan fingerprint density at radius 3 is 2.51 bits per heavy atom. The smallest absolute Gasteiger partial charge is 0.417 e. The van der Waals surface area contributed by atoms with Crippen molar-refractivity contribution in [2.75, 3.05) is 24.5 Å². The Bertz CT molecular complexity index is 1160. The van der Waals surface area contributed by atoms with E-state index in [0.717, 1.165) is 18.9 Å². The molecule has 1 saturated carbocycles. The first-order valence-electron chi connectivity index (χ1n) is 11.7. The van der Waals surface area contributed by atoms with Crippen molar-refractivity contribution in [2.45, 2.75) is 50.4 Å². The summed E-state index contributed by atoms with van der Waals surface area (Å²) in [5.41, 5.74) is -1.48. The molecule has 1 N–H and O–H groups in total. The first-order chi connectivity index (χ1) is 16.7. The van der Waals surface area contributed by atoms with Gasteiger partial charge in [-0.05, 0) is 67.9 Å². The van der Waals surface area contributed by atoms with Crippen LogP contribution < -0.4 is 10.2 Å². The maximum atomic E-state index is 13.6. The molecular weight excluding hydrogens is 461 g/mol. The fourth-order valence-electron chi connectivity index (χ4n) is 5.23. The number of hydrogen-bond donors (Lipinski definition) is 1. The number of hydrogen-bond acceptors (Lipinski definition) is 5. The number of carbonyl (C=O) groups excluding carboxylic acids is 2. The summed E-state index contributed by atoms with van der Waals surface area (Å²) in [7, 11) is 0. The Morgan fingerprint density at radius 2 is 1.91 bits per heavy atom. The van der Waals surface area contributed by atoms with Crippen LogP contribution in [0.2, 0.25) is 0 Å². The predicted molar refractivity (Wildman–Crippen MR) is 119 cm³/mol. The number of nitriles is 1. The highest BCUT2D eigenvalue weighted by molar-refractivity contribution is 5.91. The van der Waals surface area contributed by atoms with Gasteiger partial charge in [-0.25, -0.2) is 0 Å². The number of nitrogens with zero attached hydrogens (tertiary/aromatic N) is 3. The van der Waals surface area contributed by atoms with Crippen molar-refractivity contribution in [1.29, 1.82) is 5.26 Å². The lowest BCUT2D eigenvalue weighted by atomic mass is 9.76. The van der Waals surface area contributed by atoms with E-state index in [-0.39, 0.29) is 34.7 Å². The van der Waals surface area contributed by atoms with Crippen LogP contribution in [0, 0.1) is 16.7 Å². The first-order valence-corrected chi connectivity index (χ1v) is 11.7. The summed E-state index contributed by atoms with van der Waals surface area (Å²) in [5.74, 6) is -0.103. The second kappa shape index (κ2) is 8.63. The molecule has 0 bridgehead atoms. The van der Waals surface area contributed by atoms with Crippen LogP contribution >= 0.6 is 0 Å². The molecule has 1 aromatic heterocycles. The summed E-state index contributed by atoms with van der Waals surface area (Å²) >= 11 is 0. The summed E-state index contributed by atoms with van der Waals surface area (Å²) in [6, 6.07) is 8.03. The van der Waals surface area contributed by atoms with E-state index in [9.17, 15) is 22.8 Å². The highest BCUT2D eigenvalue weighted by Gasteiger charge is 2.49. The molecule has 1 aliphatic carbocycles. The Kier molecular flexibility index (Phi) is 5.74. The molecule has 3 aliphatic rings. The van der Waals surface area contributed by atoms with Crippen molar-refractivity contribution >= 4 is 17.5 Å². The molecule has 2 aromatic rings. The maximum Gasteiger partial charge on any atom is 0.417 e. The highest BCUT2D eigenvalue weighted by atomic mass is 19.4. The Morgan fingerprint density at radius 1 is 1.17 bits per heavy atom. The minimum atomic E-state index is -4.68. The van der Waals surface area contributed by atoms with Crippen LogP contribution in [0.5, 0.6) is 0 Å². The van der Waals surface area contributed by atoms with Crippen molar-refractivity contribution in [3.8, 4) is 6.07 Å².